The van der Waals surface area contributed by atoms with Crippen molar-refractivity contribution in [2.24, 2.45) is 0 Å². The number of Topliss-reactive ketones (excluding diaryl/α,β-unsaturated/α-hetero) is 1. The summed E-state index contributed by atoms with van der Waals surface area (Å²) in [7, 11) is 0. The molecule has 0 heterocycles. The molecule has 0 aromatic heterocycles. The smallest absolute Gasteiger partial charge is 0.304 e. The highest BCUT2D eigenvalue weighted by Crippen LogP contribution is 2.16. The van der Waals surface area contributed by atoms with Crippen LogP contribution in [0.4, 0.5) is 0 Å². The number of alkyl halides is 1. The zero-order valence-corrected chi connectivity index (χ0v) is 10.7. The summed E-state index contributed by atoms with van der Waals surface area (Å²) in [6, 6.07) is 5.37. The monoisotopic (exact) mass is 284 g/mol. The Morgan fingerprint density at radius 2 is 1.94 bits per heavy atom. The molecular weight excluding hydrogens is 272 g/mol. The van der Waals surface area contributed by atoms with Gasteiger partial charge in [0.2, 0.25) is 0 Å². The van der Waals surface area contributed by atoms with E-state index in [0.717, 1.165) is 11.1 Å². The van der Waals surface area contributed by atoms with Gasteiger partial charge >= 0.3 is 5.97 Å². The first-order valence-corrected chi connectivity index (χ1v) is 5.80. The van der Waals surface area contributed by atoms with Gasteiger partial charge in [0.05, 0.1) is 11.2 Å². The zero-order valence-electron chi connectivity index (χ0n) is 9.16. The van der Waals surface area contributed by atoms with Crippen LogP contribution in [0.2, 0.25) is 0 Å². The van der Waals surface area contributed by atoms with Gasteiger partial charge in [-0.05, 0) is 31.0 Å². The van der Waals surface area contributed by atoms with Gasteiger partial charge in [0, 0.05) is 5.56 Å². The molecule has 16 heavy (non-hydrogen) atoms. The second-order valence-corrected chi connectivity index (χ2v) is 4.83. The van der Waals surface area contributed by atoms with Gasteiger partial charge in [0.1, 0.15) is 0 Å². The van der Waals surface area contributed by atoms with Crippen molar-refractivity contribution >= 4 is 27.7 Å². The summed E-state index contributed by atoms with van der Waals surface area (Å²) >= 11 is 3.09. The van der Waals surface area contributed by atoms with Crippen molar-refractivity contribution in [3.63, 3.8) is 0 Å². The molecule has 1 N–H and O–H groups in total. The molecule has 0 spiro atoms. The fourth-order valence-corrected chi connectivity index (χ4v) is 1.86. The number of halogens is 1. The maximum atomic E-state index is 11.8. The van der Waals surface area contributed by atoms with Crippen molar-refractivity contribution in [2.75, 3.05) is 0 Å². The Bertz CT molecular complexity index is 426. The van der Waals surface area contributed by atoms with Gasteiger partial charge in [-0.2, -0.15) is 0 Å². The Kier molecular flexibility index (Phi) is 4.24. The second kappa shape index (κ2) is 5.25. The van der Waals surface area contributed by atoms with Gasteiger partial charge in [0.15, 0.2) is 5.78 Å². The first-order valence-electron chi connectivity index (χ1n) is 4.89. The largest absolute Gasteiger partial charge is 0.481 e. The molecule has 0 aliphatic rings. The number of aliphatic carboxylic acids is 1. The van der Waals surface area contributed by atoms with Crippen LogP contribution in [-0.2, 0) is 4.79 Å². The standard InChI is InChI=1S/C12H13BrO3/c1-7-3-4-9(5-8(7)2)12(16)10(13)6-11(14)15/h3-5,10H,6H2,1-2H3,(H,14,15). The summed E-state index contributed by atoms with van der Waals surface area (Å²) in [4.78, 5) is 21.7. The van der Waals surface area contributed by atoms with Crippen molar-refractivity contribution in [1.29, 1.82) is 0 Å². The Morgan fingerprint density at radius 3 is 2.44 bits per heavy atom. The van der Waals surface area contributed by atoms with Crippen molar-refractivity contribution in [3.05, 3.63) is 34.9 Å². The highest BCUT2D eigenvalue weighted by atomic mass is 79.9. The van der Waals surface area contributed by atoms with Gasteiger partial charge in [-0.25, -0.2) is 0 Å². The predicted octanol–water partition coefficient (Wildman–Crippen LogP) is 2.72. The highest BCUT2D eigenvalue weighted by Gasteiger charge is 2.20. The van der Waals surface area contributed by atoms with E-state index in [1.165, 1.54) is 0 Å². The number of hydrogen-bond acceptors (Lipinski definition) is 2. The molecule has 1 unspecified atom stereocenters. The fourth-order valence-electron chi connectivity index (χ4n) is 1.32. The number of carboxylic acid groups (broad SMARTS) is 1. The number of aryl methyl sites for hydroxylation is 2. The maximum absolute atomic E-state index is 11.8. The topological polar surface area (TPSA) is 54.4 Å². The molecule has 0 aliphatic heterocycles. The molecule has 0 amide bonds. The molecule has 0 bridgehead atoms. The normalized spacial score (nSPS) is 12.2. The Balaban J connectivity index is 2.88. The van der Waals surface area contributed by atoms with Crippen molar-refractivity contribution in [3.8, 4) is 0 Å². The number of carboxylic acids is 1. The first-order chi connectivity index (χ1) is 7.41. The number of benzene rings is 1. The number of carbonyl (C=O) groups is 2. The van der Waals surface area contributed by atoms with Gasteiger partial charge in [-0.15, -0.1) is 0 Å². The number of ketones is 1. The molecule has 4 heteroatoms. The van der Waals surface area contributed by atoms with Crippen molar-refractivity contribution in [2.45, 2.75) is 25.1 Å². The van der Waals surface area contributed by atoms with E-state index in [4.69, 9.17) is 5.11 Å². The summed E-state index contributed by atoms with van der Waals surface area (Å²) in [6.07, 6.45) is -0.203. The molecular formula is C12H13BrO3. The van der Waals surface area contributed by atoms with Crippen LogP contribution in [0.25, 0.3) is 0 Å². The lowest BCUT2D eigenvalue weighted by molar-refractivity contribution is -0.136. The van der Waals surface area contributed by atoms with Crippen LogP contribution in [-0.4, -0.2) is 21.7 Å². The summed E-state index contributed by atoms with van der Waals surface area (Å²) in [5, 5.41) is 8.60. The van der Waals surface area contributed by atoms with E-state index in [2.05, 4.69) is 15.9 Å². The van der Waals surface area contributed by atoms with Crippen molar-refractivity contribution < 1.29 is 14.7 Å². The van der Waals surface area contributed by atoms with Crippen LogP contribution in [0, 0.1) is 13.8 Å². The number of hydrogen-bond donors (Lipinski definition) is 1. The van der Waals surface area contributed by atoms with Gasteiger partial charge in [0.25, 0.3) is 0 Å². The molecule has 0 radical (unpaired) electrons. The van der Waals surface area contributed by atoms with Crippen LogP contribution < -0.4 is 0 Å². The van der Waals surface area contributed by atoms with Crippen LogP contribution in [0.3, 0.4) is 0 Å². The zero-order chi connectivity index (χ0) is 12.3. The molecule has 0 saturated carbocycles. The summed E-state index contributed by atoms with van der Waals surface area (Å²) in [5.41, 5.74) is 2.69. The summed E-state index contributed by atoms with van der Waals surface area (Å²) in [5.74, 6) is -1.18. The molecule has 86 valence electrons. The van der Waals surface area contributed by atoms with E-state index in [1.54, 1.807) is 12.1 Å². The Labute approximate surface area is 103 Å². The van der Waals surface area contributed by atoms with E-state index in [1.807, 2.05) is 19.9 Å². The van der Waals surface area contributed by atoms with Gasteiger partial charge in [-0.3, -0.25) is 9.59 Å². The van der Waals surface area contributed by atoms with Crippen molar-refractivity contribution in [1.82, 2.24) is 0 Å². The molecule has 0 aliphatic carbocycles. The molecule has 0 saturated heterocycles. The third-order valence-electron chi connectivity index (χ3n) is 2.43. The predicted molar refractivity (Wildman–Crippen MR) is 65.2 cm³/mol. The highest BCUT2D eigenvalue weighted by molar-refractivity contribution is 9.10. The van der Waals surface area contributed by atoms with E-state index >= 15 is 0 Å². The minimum atomic E-state index is -0.987. The van der Waals surface area contributed by atoms with Crippen LogP contribution in [0.1, 0.15) is 27.9 Å². The van der Waals surface area contributed by atoms with Crippen LogP contribution in [0.15, 0.2) is 18.2 Å². The minimum absolute atomic E-state index is 0.189. The molecule has 1 rings (SSSR count). The van der Waals surface area contributed by atoms with Gasteiger partial charge < -0.3 is 5.11 Å². The van der Waals surface area contributed by atoms with E-state index in [9.17, 15) is 9.59 Å². The lowest BCUT2D eigenvalue weighted by atomic mass is 10.0. The molecule has 1 aromatic rings. The second-order valence-electron chi connectivity index (χ2n) is 3.73. The SMILES string of the molecule is Cc1ccc(C(=O)C(Br)CC(=O)O)cc1C. The fraction of sp³-hybridized carbons (Fsp3) is 0.333. The Morgan fingerprint density at radius 1 is 1.31 bits per heavy atom. The lowest BCUT2D eigenvalue weighted by Crippen LogP contribution is -2.18. The average Bonchev–Trinajstić information content (AvgIpc) is 2.20. The van der Waals surface area contributed by atoms with Gasteiger partial charge in [-0.1, -0.05) is 28.1 Å². The van der Waals surface area contributed by atoms with E-state index in [-0.39, 0.29) is 12.2 Å². The van der Waals surface area contributed by atoms with E-state index in [0.29, 0.717) is 5.56 Å². The molecule has 1 aromatic carbocycles. The third kappa shape index (κ3) is 3.17. The summed E-state index contributed by atoms with van der Waals surface area (Å²) in [6.45, 7) is 3.89. The lowest BCUT2D eigenvalue weighted by Gasteiger charge is -2.08. The average molecular weight is 285 g/mol. The van der Waals surface area contributed by atoms with E-state index < -0.39 is 10.8 Å². The first kappa shape index (κ1) is 12.9. The number of rotatable bonds is 4. The quantitative estimate of drug-likeness (QED) is 0.683. The maximum Gasteiger partial charge on any atom is 0.304 e. The summed E-state index contributed by atoms with van der Waals surface area (Å²) < 4.78 is 0. The molecule has 1 atom stereocenters. The Hall–Kier alpha value is -1.16. The minimum Gasteiger partial charge on any atom is -0.481 e. The number of carbonyl (C=O) groups excluding carboxylic acids is 1. The third-order valence-corrected chi connectivity index (χ3v) is 3.17. The molecule has 3 nitrogen and oxygen atoms in total. The molecule has 0 fully saturated rings. The van der Waals surface area contributed by atoms with Crippen LogP contribution >= 0.6 is 15.9 Å². The van der Waals surface area contributed by atoms with Crippen LogP contribution in [0.5, 0.6) is 0 Å².